The lowest BCUT2D eigenvalue weighted by molar-refractivity contribution is -0.115. The third kappa shape index (κ3) is 4.02. The Morgan fingerprint density at radius 3 is 2.67 bits per heavy atom. The quantitative estimate of drug-likeness (QED) is 0.610. The predicted molar refractivity (Wildman–Crippen MR) is 98.1 cm³/mol. The fraction of sp³-hybridized carbons (Fsp3) is 0.105. The van der Waals surface area contributed by atoms with E-state index < -0.39 is 11.9 Å². The molecule has 1 fully saturated rings. The van der Waals surface area contributed by atoms with Gasteiger partial charge in [-0.3, -0.25) is 10.1 Å². The number of methoxy groups -OCH3 is 1. The van der Waals surface area contributed by atoms with E-state index in [1.54, 1.807) is 30.3 Å². The Bertz CT molecular complexity index is 995. The fourth-order valence-electron chi connectivity index (χ4n) is 2.52. The maximum atomic E-state index is 11.6. The number of hydrogen-bond acceptors (Lipinski definition) is 5. The summed E-state index contributed by atoms with van der Waals surface area (Å²) in [4.78, 5) is 22.8. The van der Waals surface area contributed by atoms with Gasteiger partial charge in [0.05, 0.1) is 23.8 Å². The molecule has 136 valence electrons. The molecule has 1 aliphatic heterocycles. The molecule has 27 heavy (non-hydrogen) atoms. The van der Waals surface area contributed by atoms with Crippen molar-refractivity contribution in [2.24, 2.45) is 0 Å². The molecule has 2 aromatic carbocycles. The van der Waals surface area contributed by atoms with Gasteiger partial charge in [0.2, 0.25) is 0 Å². The van der Waals surface area contributed by atoms with Crippen LogP contribution in [0.2, 0.25) is 5.02 Å². The van der Waals surface area contributed by atoms with E-state index in [1.807, 2.05) is 6.07 Å². The van der Waals surface area contributed by atoms with Crippen molar-refractivity contribution in [2.45, 2.75) is 6.61 Å². The number of nitrogens with zero attached hydrogens (tertiary/aromatic N) is 1. The molecule has 7 nitrogen and oxygen atoms in total. The Labute approximate surface area is 160 Å². The van der Waals surface area contributed by atoms with Crippen molar-refractivity contribution in [1.29, 1.82) is 5.26 Å². The highest BCUT2D eigenvalue weighted by Crippen LogP contribution is 2.37. The van der Waals surface area contributed by atoms with Crippen molar-refractivity contribution in [3.63, 3.8) is 0 Å². The van der Waals surface area contributed by atoms with Gasteiger partial charge in [0.15, 0.2) is 11.5 Å². The summed E-state index contributed by atoms with van der Waals surface area (Å²) >= 11 is 6.32. The standard InChI is InChI=1S/C19H14ClN3O4/c1-26-16-8-11(7-15-18(24)23-19(25)22-15)6-14(20)17(16)27-10-13-5-3-2-4-12(13)9-21/h2-8H,10H2,1H3,(H2,22,23,24,25). The van der Waals surface area contributed by atoms with Crippen molar-refractivity contribution in [3.8, 4) is 17.6 Å². The minimum atomic E-state index is -0.583. The van der Waals surface area contributed by atoms with Gasteiger partial charge in [-0.25, -0.2) is 4.79 Å². The summed E-state index contributed by atoms with van der Waals surface area (Å²) in [7, 11) is 1.46. The first-order valence-corrected chi connectivity index (χ1v) is 8.22. The maximum absolute atomic E-state index is 11.6. The van der Waals surface area contributed by atoms with E-state index in [0.29, 0.717) is 22.6 Å². The molecule has 8 heteroatoms. The highest BCUT2D eigenvalue weighted by atomic mass is 35.5. The number of ether oxygens (including phenoxy) is 2. The average Bonchev–Trinajstić information content (AvgIpc) is 2.97. The van der Waals surface area contributed by atoms with Crippen molar-refractivity contribution in [3.05, 3.63) is 63.8 Å². The lowest BCUT2D eigenvalue weighted by Crippen LogP contribution is -2.22. The van der Waals surface area contributed by atoms with Crippen LogP contribution >= 0.6 is 11.6 Å². The molecule has 0 spiro atoms. The number of nitriles is 1. The molecule has 1 aliphatic rings. The maximum Gasteiger partial charge on any atom is 0.326 e. The molecule has 0 aliphatic carbocycles. The van der Waals surface area contributed by atoms with Crippen LogP contribution in [0.25, 0.3) is 6.08 Å². The Balaban J connectivity index is 1.87. The molecule has 0 bridgehead atoms. The van der Waals surface area contributed by atoms with Crippen LogP contribution < -0.4 is 20.1 Å². The second kappa shape index (κ2) is 7.81. The van der Waals surface area contributed by atoms with Crippen molar-refractivity contribution >= 4 is 29.6 Å². The summed E-state index contributed by atoms with van der Waals surface area (Å²) in [6, 6.07) is 11.8. The van der Waals surface area contributed by atoms with Crippen molar-refractivity contribution < 1.29 is 19.1 Å². The van der Waals surface area contributed by atoms with Crippen molar-refractivity contribution in [2.75, 3.05) is 7.11 Å². The first-order chi connectivity index (χ1) is 13.0. The highest BCUT2D eigenvalue weighted by molar-refractivity contribution is 6.32. The molecule has 0 atom stereocenters. The SMILES string of the molecule is COc1cc(C=C2NC(=O)NC2=O)cc(Cl)c1OCc1ccccc1C#N. The zero-order valence-electron chi connectivity index (χ0n) is 14.2. The Morgan fingerprint density at radius 2 is 2.00 bits per heavy atom. The summed E-state index contributed by atoms with van der Waals surface area (Å²) in [6.45, 7) is 0.138. The molecule has 0 aromatic heterocycles. The fourth-order valence-corrected chi connectivity index (χ4v) is 2.79. The molecule has 1 saturated heterocycles. The summed E-state index contributed by atoms with van der Waals surface area (Å²) in [5.74, 6) is 0.144. The van der Waals surface area contributed by atoms with Gasteiger partial charge in [0.1, 0.15) is 12.3 Å². The van der Waals surface area contributed by atoms with Crippen LogP contribution in [0, 0.1) is 11.3 Å². The number of urea groups is 1. The molecular formula is C19H14ClN3O4. The number of carbonyl (C=O) groups excluding carboxylic acids is 2. The lowest BCUT2D eigenvalue weighted by Gasteiger charge is -2.14. The molecule has 1 heterocycles. The second-order valence-electron chi connectivity index (χ2n) is 5.56. The van der Waals surface area contributed by atoms with Gasteiger partial charge in [0.25, 0.3) is 5.91 Å². The van der Waals surface area contributed by atoms with Crippen LogP contribution in [0.3, 0.4) is 0 Å². The molecule has 2 aromatic rings. The number of halogens is 1. The van der Waals surface area contributed by atoms with E-state index in [2.05, 4.69) is 16.7 Å². The van der Waals surface area contributed by atoms with E-state index in [4.69, 9.17) is 26.3 Å². The Morgan fingerprint density at radius 1 is 1.22 bits per heavy atom. The zero-order chi connectivity index (χ0) is 19.4. The molecule has 0 radical (unpaired) electrons. The topological polar surface area (TPSA) is 100 Å². The number of nitrogens with one attached hydrogen (secondary N) is 2. The number of carbonyl (C=O) groups is 2. The van der Waals surface area contributed by atoms with Gasteiger partial charge in [-0.15, -0.1) is 0 Å². The summed E-state index contributed by atoms with van der Waals surface area (Å²) in [6.07, 6.45) is 1.48. The van der Waals surface area contributed by atoms with E-state index in [-0.39, 0.29) is 17.3 Å². The number of imide groups is 1. The van der Waals surface area contributed by atoms with E-state index in [9.17, 15) is 9.59 Å². The largest absolute Gasteiger partial charge is 0.493 e. The first-order valence-electron chi connectivity index (χ1n) is 7.84. The average molecular weight is 384 g/mol. The molecule has 0 unspecified atom stereocenters. The Hall–Kier alpha value is -3.50. The van der Waals surface area contributed by atoms with Crippen LogP contribution in [0.4, 0.5) is 4.79 Å². The Kier molecular flexibility index (Phi) is 5.29. The third-order valence-electron chi connectivity index (χ3n) is 3.79. The van der Waals surface area contributed by atoms with Crippen molar-refractivity contribution in [1.82, 2.24) is 10.6 Å². The van der Waals surface area contributed by atoms with Gasteiger partial charge < -0.3 is 14.8 Å². The zero-order valence-corrected chi connectivity index (χ0v) is 15.0. The highest BCUT2D eigenvalue weighted by Gasteiger charge is 2.23. The van der Waals surface area contributed by atoms with E-state index in [1.165, 1.54) is 13.2 Å². The summed E-state index contributed by atoms with van der Waals surface area (Å²) < 4.78 is 11.1. The lowest BCUT2D eigenvalue weighted by atomic mass is 10.1. The third-order valence-corrected chi connectivity index (χ3v) is 4.07. The monoisotopic (exact) mass is 383 g/mol. The normalized spacial score (nSPS) is 14.5. The van der Waals surface area contributed by atoms with Crippen LogP contribution in [-0.2, 0) is 11.4 Å². The number of hydrogen-bond donors (Lipinski definition) is 2. The second-order valence-corrected chi connectivity index (χ2v) is 5.97. The molecule has 2 N–H and O–H groups in total. The van der Waals surface area contributed by atoms with E-state index in [0.717, 1.165) is 5.56 Å². The minimum absolute atomic E-state index is 0.106. The first kappa shape index (κ1) is 18.3. The van der Waals surface area contributed by atoms with Gasteiger partial charge >= 0.3 is 6.03 Å². The smallest absolute Gasteiger partial charge is 0.326 e. The van der Waals surface area contributed by atoms with Gasteiger partial charge in [-0.05, 0) is 29.8 Å². The molecule has 0 saturated carbocycles. The number of amides is 3. The van der Waals surface area contributed by atoms with Crippen LogP contribution in [0.15, 0.2) is 42.1 Å². The number of benzene rings is 2. The van der Waals surface area contributed by atoms with Crippen LogP contribution in [0.1, 0.15) is 16.7 Å². The van der Waals surface area contributed by atoms with Crippen LogP contribution in [-0.4, -0.2) is 19.0 Å². The van der Waals surface area contributed by atoms with Gasteiger partial charge in [0, 0.05) is 5.56 Å². The molecule has 3 rings (SSSR count). The molecule has 3 amide bonds. The van der Waals surface area contributed by atoms with Crippen LogP contribution in [0.5, 0.6) is 11.5 Å². The molecular weight excluding hydrogens is 370 g/mol. The van der Waals surface area contributed by atoms with Gasteiger partial charge in [-0.2, -0.15) is 5.26 Å². The summed E-state index contributed by atoms with van der Waals surface area (Å²) in [5.41, 5.74) is 1.88. The van der Waals surface area contributed by atoms with E-state index >= 15 is 0 Å². The predicted octanol–water partition coefficient (Wildman–Crippen LogP) is 2.98. The minimum Gasteiger partial charge on any atom is -0.493 e. The van der Waals surface area contributed by atoms with Gasteiger partial charge in [-0.1, -0.05) is 29.8 Å². The number of rotatable bonds is 5. The summed E-state index contributed by atoms with van der Waals surface area (Å²) in [5, 5.41) is 13.9.